The molecule has 0 aliphatic carbocycles. The summed E-state index contributed by atoms with van der Waals surface area (Å²) >= 11 is 14.9. The quantitative estimate of drug-likeness (QED) is 0.376. The first-order valence-corrected chi connectivity index (χ1v) is 9.80. The number of carbonyl (C=O) groups excluding carboxylic acids is 1. The van der Waals surface area contributed by atoms with Crippen molar-refractivity contribution < 1.29 is 19.0 Å². The first-order valence-electron chi connectivity index (χ1n) is 8.22. The van der Waals surface area contributed by atoms with Gasteiger partial charge in [-0.05, 0) is 52.3 Å². The second-order valence-corrected chi connectivity index (χ2v) is 7.47. The van der Waals surface area contributed by atoms with Crippen LogP contribution in [-0.4, -0.2) is 49.3 Å². The molecule has 1 heterocycles. The van der Waals surface area contributed by atoms with Crippen LogP contribution in [0.3, 0.4) is 0 Å². The third kappa shape index (κ3) is 4.79. The molecule has 0 spiro atoms. The van der Waals surface area contributed by atoms with Crippen LogP contribution in [0.1, 0.15) is 15.9 Å². The molecule has 1 aliphatic rings. The van der Waals surface area contributed by atoms with Gasteiger partial charge in [-0.3, -0.25) is 0 Å². The lowest BCUT2D eigenvalue weighted by Crippen LogP contribution is -2.40. The number of thiocarbonyl (C=S) groups is 1. The Kier molecular flexibility index (Phi) is 6.70. The normalized spacial score (nSPS) is 14.0. The van der Waals surface area contributed by atoms with Crippen molar-refractivity contribution in [1.82, 2.24) is 4.90 Å². The van der Waals surface area contributed by atoms with Gasteiger partial charge in [0.1, 0.15) is 4.99 Å². The number of methoxy groups -OCH3 is 1. The molecule has 0 aromatic heterocycles. The van der Waals surface area contributed by atoms with E-state index in [0.717, 1.165) is 18.7 Å². The lowest BCUT2D eigenvalue weighted by Gasteiger charge is -2.29. The molecule has 0 amide bonds. The molecule has 1 aliphatic heterocycles. The number of carbonyl (C=O) groups is 1. The second-order valence-electron chi connectivity index (χ2n) is 5.79. The molecule has 2 aromatic rings. The molecule has 0 saturated carbocycles. The minimum absolute atomic E-state index is 0.297. The van der Waals surface area contributed by atoms with Crippen molar-refractivity contribution in [3.05, 3.63) is 57.0 Å². The number of rotatable bonds is 4. The van der Waals surface area contributed by atoms with Gasteiger partial charge in [-0.1, -0.05) is 23.8 Å². The molecule has 142 valence electrons. The molecule has 0 atom stereocenters. The predicted molar refractivity (Wildman–Crippen MR) is 111 cm³/mol. The molecule has 5 nitrogen and oxygen atoms in total. The predicted octanol–water partition coefficient (Wildman–Crippen LogP) is 4.34. The summed E-state index contributed by atoms with van der Waals surface area (Å²) in [6, 6.07) is 10.1. The van der Waals surface area contributed by atoms with Crippen LogP contribution in [0.15, 0.2) is 40.9 Å². The van der Waals surface area contributed by atoms with Gasteiger partial charge >= 0.3 is 5.97 Å². The van der Waals surface area contributed by atoms with Crippen molar-refractivity contribution in [3.63, 3.8) is 0 Å². The van der Waals surface area contributed by atoms with E-state index in [9.17, 15) is 4.79 Å². The molecule has 3 rings (SSSR count). The molecule has 0 unspecified atom stereocenters. The van der Waals surface area contributed by atoms with Gasteiger partial charge in [-0.2, -0.15) is 0 Å². The average molecular weight is 471 g/mol. The molecular weight excluding hydrogens is 454 g/mol. The van der Waals surface area contributed by atoms with Gasteiger partial charge in [-0.25, -0.2) is 4.79 Å². The number of hydrogen-bond acceptors (Lipinski definition) is 5. The summed E-state index contributed by atoms with van der Waals surface area (Å²) in [5.41, 5.74) is 1.20. The van der Waals surface area contributed by atoms with Crippen LogP contribution >= 0.6 is 39.7 Å². The van der Waals surface area contributed by atoms with Gasteiger partial charge in [0, 0.05) is 23.7 Å². The maximum absolute atomic E-state index is 12.4. The van der Waals surface area contributed by atoms with Crippen molar-refractivity contribution >= 4 is 50.7 Å². The van der Waals surface area contributed by atoms with Crippen LogP contribution in [-0.2, 0) is 4.74 Å². The van der Waals surface area contributed by atoms with Crippen LogP contribution in [0, 0.1) is 0 Å². The van der Waals surface area contributed by atoms with Crippen molar-refractivity contribution in [2.75, 3.05) is 33.4 Å². The summed E-state index contributed by atoms with van der Waals surface area (Å²) in [5.74, 6) is 0.206. The highest BCUT2D eigenvalue weighted by molar-refractivity contribution is 9.10. The van der Waals surface area contributed by atoms with Gasteiger partial charge in [0.25, 0.3) is 0 Å². The number of benzene rings is 2. The van der Waals surface area contributed by atoms with Crippen molar-refractivity contribution in [3.8, 4) is 11.5 Å². The second kappa shape index (κ2) is 9.01. The Labute approximate surface area is 176 Å². The molecule has 0 N–H and O–H groups in total. The van der Waals surface area contributed by atoms with E-state index in [0.29, 0.717) is 44.8 Å². The Morgan fingerprint density at radius 2 is 1.85 bits per heavy atom. The number of ether oxygens (including phenoxy) is 3. The third-order valence-corrected chi connectivity index (χ3v) is 5.38. The maximum Gasteiger partial charge on any atom is 0.343 e. The van der Waals surface area contributed by atoms with E-state index in [4.69, 9.17) is 38.0 Å². The molecule has 2 aromatic carbocycles. The molecule has 1 fully saturated rings. The van der Waals surface area contributed by atoms with E-state index in [2.05, 4.69) is 20.8 Å². The minimum atomic E-state index is -0.505. The largest absolute Gasteiger partial charge is 0.493 e. The Balaban J connectivity index is 1.84. The van der Waals surface area contributed by atoms with E-state index < -0.39 is 5.97 Å². The Morgan fingerprint density at radius 3 is 2.48 bits per heavy atom. The smallest absolute Gasteiger partial charge is 0.343 e. The van der Waals surface area contributed by atoms with E-state index >= 15 is 0 Å². The fourth-order valence-corrected chi connectivity index (χ4v) is 3.58. The van der Waals surface area contributed by atoms with Gasteiger partial charge in [0.15, 0.2) is 11.5 Å². The highest BCUT2D eigenvalue weighted by Gasteiger charge is 2.21. The van der Waals surface area contributed by atoms with E-state index in [-0.39, 0.29) is 0 Å². The van der Waals surface area contributed by atoms with Crippen molar-refractivity contribution in [2.45, 2.75) is 0 Å². The molecule has 0 radical (unpaired) electrons. The number of esters is 1. The zero-order valence-corrected chi connectivity index (χ0v) is 17.7. The fraction of sp³-hybridized carbons (Fsp3) is 0.263. The molecule has 8 heteroatoms. The maximum atomic E-state index is 12.4. The highest BCUT2D eigenvalue weighted by atomic mass is 79.9. The monoisotopic (exact) mass is 469 g/mol. The number of nitrogens with zero attached hydrogens (tertiary/aromatic N) is 1. The van der Waals surface area contributed by atoms with Crippen LogP contribution in [0.2, 0.25) is 5.02 Å². The topological polar surface area (TPSA) is 48.0 Å². The summed E-state index contributed by atoms with van der Waals surface area (Å²) in [4.78, 5) is 15.2. The SMILES string of the molecule is COc1cc(C(=S)N2CCOCC2)cc(Br)c1OC(=O)c1ccc(Cl)cc1. The molecule has 0 bridgehead atoms. The summed E-state index contributed by atoms with van der Waals surface area (Å²) in [6.07, 6.45) is 0. The first-order chi connectivity index (χ1) is 13.0. The summed E-state index contributed by atoms with van der Waals surface area (Å²) in [6.45, 7) is 2.78. The van der Waals surface area contributed by atoms with Crippen LogP contribution in [0.25, 0.3) is 0 Å². The van der Waals surface area contributed by atoms with Crippen LogP contribution < -0.4 is 9.47 Å². The summed E-state index contributed by atoms with van der Waals surface area (Å²) in [5, 5.41) is 0.547. The lowest BCUT2D eigenvalue weighted by molar-refractivity contribution is 0.0692. The first kappa shape index (κ1) is 20.1. The Hall–Kier alpha value is -1.67. The van der Waals surface area contributed by atoms with Gasteiger partial charge in [0.05, 0.1) is 30.4 Å². The van der Waals surface area contributed by atoms with E-state index in [1.54, 1.807) is 30.3 Å². The van der Waals surface area contributed by atoms with Crippen molar-refractivity contribution in [1.29, 1.82) is 0 Å². The number of hydrogen-bond donors (Lipinski definition) is 0. The van der Waals surface area contributed by atoms with Gasteiger partial charge in [-0.15, -0.1) is 0 Å². The average Bonchev–Trinajstić information content (AvgIpc) is 2.69. The standard InChI is InChI=1S/C19H17BrClNO4S/c1-24-16-11-13(18(27)22-6-8-25-9-7-22)10-15(20)17(16)26-19(23)12-2-4-14(21)5-3-12/h2-5,10-11H,6-9H2,1H3. The highest BCUT2D eigenvalue weighted by Crippen LogP contribution is 2.37. The minimum Gasteiger partial charge on any atom is -0.493 e. The third-order valence-electron chi connectivity index (χ3n) is 4.05. The van der Waals surface area contributed by atoms with Crippen molar-refractivity contribution in [2.24, 2.45) is 0 Å². The fourth-order valence-electron chi connectivity index (χ4n) is 2.63. The summed E-state index contributed by atoms with van der Waals surface area (Å²) in [7, 11) is 1.52. The zero-order valence-electron chi connectivity index (χ0n) is 14.5. The number of halogens is 2. The number of morpholine rings is 1. The van der Waals surface area contributed by atoms with E-state index in [1.807, 2.05) is 6.07 Å². The molecule has 27 heavy (non-hydrogen) atoms. The Bertz CT molecular complexity index is 854. The Morgan fingerprint density at radius 1 is 1.19 bits per heavy atom. The zero-order chi connectivity index (χ0) is 19.4. The molecule has 1 saturated heterocycles. The molecular formula is C19H17BrClNO4S. The summed E-state index contributed by atoms with van der Waals surface area (Å²) < 4.78 is 16.9. The van der Waals surface area contributed by atoms with E-state index in [1.165, 1.54) is 7.11 Å². The van der Waals surface area contributed by atoms with Gasteiger partial charge < -0.3 is 19.1 Å². The van der Waals surface area contributed by atoms with Crippen LogP contribution in [0.4, 0.5) is 0 Å². The van der Waals surface area contributed by atoms with Gasteiger partial charge in [0.2, 0.25) is 0 Å². The lowest BCUT2D eigenvalue weighted by atomic mass is 10.1. The van der Waals surface area contributed by atoms with Crippen LogP contribution in [0.5, 0.6) is 11.5 Å².